The van der Waals surface area contributed by atoms with Gasteiger partial charge in [-0.2, -0.15) is 0 Å². The SMILES string of the molecule is C=CCOc1ccc(/C=C(\Sc2n[nH]c(-c3cc(OC)cc(OC)c3)n2)C(=O)O)cc1. The van der Waals surface area contributed by atoms with Crippen LogP contribution in [-0.4, -0.2) is 47.1 Å². The molecule has 0 aliphatic rings. The van der Waals surface area contributed by atoms with Crippen molar-refractivity contribution < 1.29 is 24.1 Å². The number of aliphatic carboxylic acids is 1. The summed E-state index contributed by atoms with van der Waals surface area (Å²) in [5, 5.41) is 16.8. The summed E-state index contributed by atoms with van der Waals surface area (Å²) in [7, 11) is 3.12. The van der Waals surface area contributed by atoms with Gasteiger partial charge < -0.3 is 19.3 Å². The molecule has 0 aliphatic heterocycles. The van der Waals surface area contributed by atoms with Crippen molar-refractivity contribution in [1.82, 2.24) is 15.2 Å². The van der Waals surface area contributed by atoms with Gasteiger partial charge in [0.05, 0.1) is 14.2 Å². The molecule has 0 saturated carbocycles. The lowest BCUT2D eigenvalue weighted by molar-refractivity contribution is -0.131. The molecule has 9 heteroatoms. The Bertz CT molecular complexity index is 1070. The molecule has 8 nitrogen and oxygen atoms in total. The van der Waals surface area contributed by atoms with E-state index in [9.17, 15) is 9.90 Å². The number of carboxylic acids is 1. The van der Waals surface area contributed by atoms with Gasteiger partial charge in [0.1, 0.15) is 28.8 Å². The van der Waals surface area contributed by atoms with Crippen molar-refractivity contribution in [2.24, 2.45) is 0 Å². The zero-order valence-corrected chi connectivity index (χ0v) is 17.8. The number of carbonyl (C=O) groups is 1. The van der Waals surface area contributed by atoms with E-state index in [1.54, 1.807) is 68.8 Å². The van der Waals surface area contributed by atoms with Gasteiger partial charge in [0.25, 0.3) is 0 Å². The number of thioether (sulfide) groups is 1. The topological polar surface area (TPSA) is 107 Å². The van der Waals surface area contributed by atoms with E-state index in [-0.39, 0.29) is 10.1 Å². The van der Waals surface area contributed by atoms with E-state index >= 15 is 0 Å². The average Bonchev–Trinajstić information content (AvgIpc) is 3.26. The van der Waals surface area contributed by atoms with E-state index in [2.05, 4.69) is 21.8 Å². The molecule has 1 heterocycles. The zero-order chi connectivity index (χ0) is 22.2. The fraction of sp³-hybridized carbons (Fsp3) is 0.136. The molecule has 0 amide bonds. The summed E-state index contributed by atoms with van der Waals surface area (Å²) in [6.45, 7) is 4.00. The Kier molecular flexibility index (Phi) is 7.34. The summed E-state index contributed by atoms with van der Waals surface area (Å²) in [6, 6.07) is 12.4. The van der Waals surface area contributed by atoms with Crippen molar-refractivity contribution in [3.63, 3.8) is 0 Å². The maximum absolute atomic E-state index is 11.7. The summed E-state index contributed by atoms with van der Waals surface area (Å²) in [5.74, 6) is 1.27. The Hall–Kier alpha value is -3.72. The molecule has 3 aromatic rings. The molecular formula is C22H21N3O5S. The van der Waals surface area contributed by atoms with Crippen LogP contribution in [0.5, 0.6) is 17.2 Å². The molecule has 2 N–H and O–H groups in total. The lowest BCUT2D eigenvalue weighted by Gasteiger charge is -2.06. The largest absolute Gasteiger partial charge is 0.497 e. The second-order valence-corrected chi connectivity index (χ2v) is 7.16. The summed E-state index contributed by atoms with van der Waals surface area (Å²) in [5.41, 5.74) is 1.41. The Morgan fingerprint density at radius 2 is 1.81 bits per heavy atom. The van der Waals surface area contributed by atoms with Crippen LogP contribution in [0.25, 0.3) is 17.5 Å². The number of hydrogen-bond donors (Lipinski definition) is 2. The first kappa shape index (κ1) is 22.0. The van der Waals surface area contributed by atoms with Crippen molar-refractivity contribution in [2.75, 3.05) is 20.8 Å². The highest BCUT2D eigenvalue weighted by molar-refractivity contribution is 8.04. The van der Waals surface area contributed by atoms with Gasteiger partial charge in [0, 0.05) is 11.6 Å². The van der Waals surface area contributed by atoms with E-state index in [0.717, 1.165) is 11.8 Å². The third-order valence-electron chi connectivity index (χ3n) is 4.05. The Morgan fingerprint density at radius 1 is 1.13 bits per heavy atom. The molecule has 0 fully saturated rings. The molecule has 0 spiro atoms. The molecule has 2 aromatic carbocycles. The van der Waals surface area contributed by atoms with E-state index in [1.165, 1.54) is 0 Å². The van der Waals surface area contributed by atoms with Gasteiger partial charge in [-0.3, -0.25) is 5.10 Å². The number of benzene rings is 2. The highest BCUT2D eigenvalue weighted by atomic mass is 32.2. The maximum atomic E-state index is 11.7. The van der Waals surface area contributed by atoms with Crippen molar-refractivity contribution >= 4 is 23.8 Å². The number of rotatable bonds is 10. The van der Waals surface area contributed by atoms with Crippen LogP contribution in [0.2, 0.25) is 0 Å². The van der Waals surface area contributed by atoms with Gasteiger partial charge in [-0.15, -0.1) is 5.10 Å². The van der Waals surface area contributed by atoms with Gasteiger partial charge >= 0.3 is 5.97 Å². The first-order valence-electron chi connectivity index (χ1n) is 9.15. The van der Waals surface area contributed by atoms with Crippen LogP contribution in [0, 0.1) is 0 Å². The monoisotopic (exact) mass is 439 g/mol. The van der Waals surface area contributed by atoms with Gasteiger partial charge in [0.15, 0.2) is 5.82 Å². The number of nitrogens with zero attached hydrogens (tertiary/aromatic N) is 2. The minimum absolute atomic E-state index is 0.0773. The first-order chi connectivity index (χ1) is 15.0. The number of aromatic nitrogens is 3. The van der Waals surface area contributed by atoms with Crippen LogP contribution >= 0.6 is 11.8 Å². The Balaban J connectivity index is 1.80. The number of carboxylic acid groups (broad SMARTS) is 1. The molecule has 160 valence electrons. The molecule has 0 radical (unpaired) electrons. The zero-order valence-electron chi connectivity index (χ0n) is 17.0. The maximum Gasteiger partial charge on any atom is 0.342 e. The lowest BCUT2D eigenvalue weighted by Crippen LogP contribution is -1.97. The predicted molar refractivity (Wildman–Crippen MR) is 119 cm³/mol. The Morgan fingerprint density at radius 3 is 2.39 bits per heavy atom. The fourth-order valence-electron chi connectivity index (χ4n) is 2.57. The van der Waals surface area contributed by atoms with Gasteiger partial charge in [-0.25, -0.2) is 9.78 Å². The van der Waals surface area contributed by atoms with Gasteiger partial charge in [-0.05, 0) is 47.7 Å². The molecule has 1 aromatic heterocycles. The highest BCUT2D eigenvalue weighted by Crippen LogP contribution is 2.31. The molecular weight excluding hydrogens is 418 g/mol. The molecule has 31 heavy (non-hydrogen) atoms. The number of ether oxygens (including phenoxy) is 3. The molecule has 0 aliphatic carbocycles. The van der Waals surface area contributed by atoms with Crippen molar-refractivity contribution in [1.29, 1.82) is 0 Å². The normalized spacial score (nSPS) is 11.1. The highest BCUT2D eigenvalue weighted by Gasteiger charge is 2.15. The van der Waals surface area contributed by atoms with E-state index < -0.39 is 5.97 Å². The summed E-state index contributed by atoms with van der Waals surface area (Å²) >= 11 is 0.946. The molecule has 0 saturated heterocycles. The van der Waals surface area contributed by atoms with Crippen molar-refractivity contribution in [3.05, 3.63) is 65.6 Å². The minimum atomic E-state index is -1.08. The van der Waals surface area contributed by atoms with E-state index in [4.69, 9.17) is 14.2 Å². The molecule has 0 unspecified atom stereocenters. The number of hydrogen-bond acceptors (Lipinski definition) is 7. The van der Waals surface area contributed by atoms with Crippen LogP contribution in [0.3, 0.4) is 0 Å². The van der Waals surface area contributed by atoms with Crippen LogP contribution in [0.1, 0.15) is 5.56 Å². The van der Waals surface area contributed by atoms with Gasteiger partial charge in [-0.1, -0.05) is 24.8 Å². The lowest BCUT2D eigenvalue weighted by atomic mass is 10.2. The van der Waals surface area contributed by atoms with Crippen LogP contribution in [0.4, 0.5) is 0 Å². The third kappa shape index (κ3) is 5.89. The second kappa shape index (κ2) is 10.4. The van der Waals surface area contributed by atoms with Crippen molar-refractivity contribution in [2.45, 2.75) is 5.16 Å². The smallest absolute Gasteiger partial charge is 0.342 e. The number of H-pyrrole nitrogens is 1. The number of aromatic amines is 1. The van der Waals surface area contributed by atoms with E-state index in [0.29, 0.717) is 40.8 Å². The van der Waals surface area contributed by atoms with Crippen molar-refractivity contribution in [3.8, 4) is 28.6 Å². The molecule has 0 bridgehead atoms. The minimum Gasteiger partial charge on any atom is -0.497 e. The van der Waals surface area contributed by atoms with E-state index in [1.807, 2.05) is 0 Å². The molecule has 3 rings (SSSR count). The van der Waals surface area contributed by atoms with Crippen LogP contribution < -0.4 is 14.2 Å². The fourth-order valence-corrected chi connectivity index (χ4v) is 3.27. The second-order valence-electron chi connectivity index (χ2n) is 6.15. The quantitative estimate of drug-likeness (QED) is 0.274. The number of methoxy groups -OCH3 is 2. The third-order valence-corrected chi connectivity index (χ3v) is 4.93. The standard InChI is InChI=1S/C22H21N3O5S/c1-4-9-30-16-7-5-14(6-8-16)10-19(21(26)27)31-22-23-20(24-25-22)15-11-17(28-2)13-18(12-15)29-3/h4-8,10-13H,1,9H2,2-3H3,(H,26,27)(H,23,24,25)/b19-10-. The number of nitrogens with one attached hydrogen (secondary N) is 1. The predicted octanol–water partition coefficient (Wildman–Crippen LogP) is 4.27. The average molecular weight is 439 g/mol. The first-order valence-corrected chi connectivity index (χ1v) is 9.96. The summed E-state index contributed by atoms with van der Waals surface area (Å²) in [6.07, 6.45) is 3.20. The Labute approximate surface area is 183 Å². The summed E-state index contributed by atoms with van der Waals surface area (Å²) in [4.78, 5) is 16.2. The van der Waals surface area contributed by atoms with Crippen LogP contribution in [-0.2, 0) is 4.79 Å². The summed E-state index contributed by atoms with van der Waals surface area (Å²) < 4.78 is 16.0. The van der Waals surface area contributed by atoms with Crippen LogP contribution in [0.15, 0.2) is 65.2 Å². The molecule has 0 atom stereocenters. The van der Waals surface area contributed by atoms with Gasteiger partial charge in [0.2, 0.25) is 5.16 Å².